The van der Waals surface area contributed by atoms with Gasteiger partial charge in [-0.2, -0.15) is 0 Å². The molecule has 1 saturated heterocycles. The highest BCUT2D eigenvalue weighted by Crippen LogP contribution is 2.25. The second-order valence-corrected chi connectivity index (χ2v) is 6.08. The van der Waals surface area contributed by atoms with Crippen molar-refractivity contribution >= 4 is 0 Å². The second-order valence-electron chi connectivity index (χ2n) is 6.08. The fraction of sp³-hybridized carbons (Fsp3) is 0.500. The van der Waals surface area contributed by atoms with Crippen molar-refractivity contribution in [2.24, 2.45) is 0 Å². The Hall–Kier alpha value is -1.65. The summed E-state index contributed by atoms with van der Waals surface area (Å²) in [5.41, 5.74) is 2.40. The van der Waals surface area contributed by atoms with Gasteiger partial charge in [0, 0.05) is 38.3 Å². The van der Waals surface area contributed by atoms with E-state index in [2.05, 4.69) is 52.2 Å². The van der Waals surface area contributed by atoms with Gasteiger partial charge in [0.05, 0.1) is 12.2 Å². The number of nitrogens with zero attached hydrogens (tertiary/aromatic N) is 3. The molecular weight excluding hydrogens is 274 g/mol. The monoisotopic (exact) mass is 299 g/mol. The van der Waals surface area contributed by atoms with E-state index in [9.17, 15) is 0 Å². The smallest absolute Gasteiger partial charge is 0.150 e. The van der Waals surface area contributed by atoms with Crippen LogP contribution in [0.5, 0.6) is 0 Å². The minimum atomic E-state index is 0.538. The van der Waals surface area contributed by atoms with E-state index in [0.717, 1.165) is 50.6 Å². The molecule has 1 fully saturated rings. The van der Waals surface area contributed by atoms with Crippen LogP contribution in [-0.4, -0.2) is 41.1 Å². The van der Waals surface area contributed by atoms with Gasteiger partial charge >= 0.3 is 0 Å². The first-order valence-corrected chi connectivity index (χ1v) is 8.20. The normalized spacial score (nSPS) is 18.5. The molecule has 3 rings (SSSR count). The SMILES string of the molecule is CC[C@H](c1ccccc1)N1CCN(Cc2cc(C)no2)CC1. The lowest BCUT2D eigenvalue weighted by molar-refractivity contribution is 0.0841. The quantitative estimate of drug-likeness (QED) is 0.848. The summed E-state index contributed by atoms with van der Waals surface area (Å²) in [5, 5.41) is 3.97. The predicted molar refractivity (Wildman–Crippen MR) is 87.6 cm³/mol. The minimum absolute atomic E-state index is 0.538. The van der Waals surface area contributed by atoms with Gasteiger partial charge in [-0.3, -0.25) is 9.80 Å². The van der Waals surface area contributed by atoms with Gasteiger partial charge in [0.1, 0.15) is 0 Å². The lowest BCUT2D eigenvalue weighted by atomic mass is 10.0. The summed E-state index contributed by atoms with van der Waals surface area (Å²) >= 11 is 0. The van der Waals surface area contributed by atoms with Crippen molar-refractivity contribution in [3.8, 4) is 0 Å². The average molecular weight is 299 g/mol. The highest BCUT2D eigenvalue weighted by atomic mass is 16.5. The van der Waals surface area contributed by atoms with Crippen molar-refractivity contribution < 1.29 is 4.52 Å². The summed E-state index contributed by atoms with van der Waals surface area (Å²) in [6, 6.07) is 13.4. The standard InChI is InChI=1S/C18H25N3O/c1-3-18(16-7-5-4-6-8-16)21-11-9-20(10-12-21)14-17-13-15(2)19-22-17/h4-8,13,18H,3,9-12,14H2,1-2H3/t18-/m1/s1. The second kappa shape index (κ2) is 7.07. The van der Waals surface area contributed by atoms with Crippen molar-refractivity contribution in [1.29, 1.82) is 0 Å². The van der Waals surface area contributed by atoms with E-state index in [0.29, 0.717) is 6.04 Å². The zero-order valence-electron chi connectivity index (χ0n) is 13.5. The lowest BCUT2D eigenvalue weighted by Gasteiger charge is -2.39. The molecule has 0 unspecified atom stereocenters. The molecule has 2 aromatic rings. The average Bonchev–Trinajstić information content (AvgIpc) is 2.96. The molecule has 0 amide bonds. The van der Waals surface area contributed by atoms with Crippen molar-refractivity contribution in [1.82, 2.24) is 15.0 Å². The van der Waals surface area contributed by atoms with Crippen molar-refractivity contribution in [2.45, 2.75) is 32.9 Å². The molecule has 1 atom stereocenters. The molecule has 22 heavy (non-hydrogen) atoms. The van der Waals surface area contributed by atoms with Crippen LogP contribution in [0.25, 0.3) is 0 Å². The molecule has 0 bridgehead atoms. The highest BCUT2D eigenvalue weighted by molar-refractivity contribution is 5.19. The molecule has 1 aromatic carbocycles. The van der Waals surface area contributed by atoms with Crippen LogP contribution in [0.1, 0.15) is 36.4 Å². The van der Waals surface area contributed by atoms with Crippen LogP contribution in [0.2, 0.25) is 0 Å². The molecule has 1 aliphatic heterocycles. The zero-order chi connectivity index (χ0) is 15.4. The summed E-state index contributed by atoms with van der Waals surface area (Å²) < 4.78 is 5.33. The highest BCUT2D eigenvalue weighted by Gasteiger charge is 2.24. The van der Waals surface area contributed by atoms with Crippen LogP contribution in [0.4, 0.5) is 0 Å². The van der Waals surface area contributed by atoms with Gasteiger partial charge in [-0.05, 0) is 18.9 Å². The molecule has 2 heterocycles. The number of hydrogen-bond donors (Lipinski definition) is 0. The molecule has 0 radical (unpaired) electrons. The molecule has 1 aliphatic rings. The van der Waals surface area contributed by atoms with Gasteiger partial charge in [0.2, 0.25) is 0 Å². The Morgan fingerprint density at radius 1 is 1.14 bits per heavy atom. The topological polar surface area (TPSA) is 32.5 Å². The zero-order valence-corrected chi connectivity index (χ0v) is 13.5. The third kappa shape index (κ3) is 3.57. The van der Waals surface area contributed by atoms with Crippen LogP contribution >= 0.6 is 0 Å². The van der Waals surface area contributed by atoms with Crippen LogP contribution < -0.4 is 0 Å². The van der Waals surface area contributed by atoms with Crippen molar-refractivity contribution in [3.63, 3.8) is 0 Å². The molecular formula is C18H25N3O. The van der Waals surface area contributed by atoms with Gasteiger partial charge in [-0.1, -0.05) is 42.4 Å². The fourth-order valence-corrected chi connectivity index (χ4v) is 3.32. The van der Waals surface area contributed by atoms with Crippen molar-refractivity contribution in [3.05, 3.63) is 53.4 Å². The summed E-state index contributed by atoms with van der Waals surface area (Å²) in [4.78, 5) is 5.06. The first-order chi connectivity index (χ1) is 10.8. The number of aromatic nitrogens is 1. The van der Waals surface area contributed by atoms with Crippen molar-refractivity contribution in [2.75, 3.05) is 26.2 Å². The third-order valence-corrected chi connectivity index (χ3v) is 4.47. The Kier molecular flexibility index (Phi) is 4.90. The Balaban J connectivity index is 1.56. The van der Waals surface area contributed by atoms with Gasteiger partial charge in [0.25, 0.3) is 0 Å². The molecule has 4 nitrogen and oxygen atoms in total. The van der Waals surface area contributed by atoms with Crippen LogP contribution in [0, 0.1) is 6.92 Å². The Morgan fingerprint density at radius 3 is 2.45 bits per heavy atom. The van der Waals surface area contributed by atoms with Gasteiger partial charge in [-0.15, -0.1) is 0 Å². The molecule has 0 aliphatic carbocycles. The molecule has 1 aromatic heterocycles. The van der Waals surface area contributed by atoms with Gasteiger partial charge in [0.15, 0.2) is 5.76 Å². The van der Waals surface area contributed by atoms with Crippen LogP contribution in [-0.2, 0) is 6.54 Å². The number of benzene rings is 1. The number of rotatable bonds is 5. The molecule has 0 saturated carbocycles. The van der Waals surface area contributed by atoms with E-state index >= 15 is 0 Å². The van der Waals surface area contributed by atoms with E-state index in [-0.39, 0.29) is 0 Å². The van der Waals surface area contributed by atoms with Crippen LogP contribution in [0.15, 0.2) is 40.9 Å². The maximum Gasteiger partial charge on any atom is 0.150 e. The lowest BCUT2D eigenvalue weighted by Crippen LogP contribution is -2.47. The molecule has 0 spiro atoms. The molecule has 0 N–H and O–H groups in total. The predicted octanol–water partition coefficient (Wildman–Crippen LogP) is 3.25. The van der Waals surface area contributed by atoms with E-state index < -0.39 is 0 Å². The number of aryl methyl sites for hydroxylation is 1. The minimum Gasteiger partial charge on any atom is -0.360 e. The number of piperazine rings is 1. The largest absolute Gasteiger partial charge is 0.360 e. The summed E-state index contributed by atoms with van der Waals surface area (Å²) in [7, 11) is 0. The molecule has 4 heteroatoms. The maximum atomic E-state index is 5.33. The van der Waals surface area contributed by atoms with Gasteiger partial charge < -0.3 is 4.52 Å². The molecule has 118 valence electrons. The first kappa shape index (κ1) is 15.3. The number of hydrogen-bond acceptors (Lipinski definition) is 4. The first-order valence-electron chi connectivity index (χ1n) is 8.20. The summed E-state index contributed by atoms with van der Waals surface area (Å²) in [5.74, 6) is 0.973. The summed E-state index contributed by atoms with van der Waals surface area (Å²) in [6.45, 7) is 9.52. The van der Waals surface area contributed by atoms with Gasteiger partial charge in [-0.25, -0.2) is 0 Å². The van der Waals surface area contributed by atoms with Crippen LogP contribution in [0.3, 0.4) is 0 Å². The van der Waals surface area contributed by atoms with E-state index in [1.165, 1.54) is 5.56 Å². The third-order valence-electron chi connectivity index (χ3n) is 4.47. The summed E-state index contributed by atoms with van der Waals surface area (Å²) in [6.07, 6.45) is 1.16. The van der Waals surface area contributed by atoms with E-state index in [1.54, 1.807) is 0 Å². The van der Waals surface area contributed by atoms with E-state index in [1.807, 2.05) is 13.0 Å². The fourth-order valence-electron chi connectivity index (χ4n) is 3.32. The van der Waals surface area contributed by atoms with E-state index in [4.69, 9.17) is 4.52 Å². The Labute approximate surface area is 132 Å². The Morgan fingerprint density at radius 2 is 1.86 bits per heavy atom. The Bertz CT molecular complexity index is 573. The maximum absolute atomic E-state index is 5.33.